The van der Waals surface area contributed by atoms with E-state index in [1.165, 1.54) is 0 Å². The summed E-state index contributed by atoms with van der Waals surface area (Å²) in [6.45, 7) is 4.78. The average molecular weight is 493 g/mol. The number of likely N-dealkylation sites (N-methyl/N-ethyl adjacent to an activating group) is 1. The van der Waals surface area contributed by atoms with Crippen molar-refractivity contribution in [3.8, 4) is 0 Å². The Hall–Kier alpha value is -2.92. The third kappa shape index (κ3) is 6.54. The summed E-state index contributed by atoms with van der Waals surface area (Å²) in [6, 6.07) is 25.0. The Labute approximate surface area is 198 Å². The number of carbonyl (C=O) groups is 2. The molecule has 3 rings (SSSR count). The maximum atomic E-state index is 13.6. The van der Waals surface area contributed by atoms with Crippen LogP contribution in [0, 0.1) is 6.92 Å². The van der Waals surface area contributed by atoms with Crippen molar-refractivity contribution in [1.82, 2.24) is 10.2 Å². The van der Waals surface area contributed by atoms with E-state index in [4.69, 9.17) is 0 Å². The number of hydrogen-bond acceptors (Lipinski definition) is 2. The molecular weight excluding hydrogens is 464 g/mol. The zero-order chi connectivity index (χ0) is 22.9. The summed E-state index contributed by atoms with van der Waals surface area (Å²) >= 11 is 3.51. The fraction of sp³-hybridized carbons (Fsp3) is 0.259. The van der Waals surface area contributed by atoms with E-state index in [0.29, 0.717) is 19.5 Å². The van der Waals surface area contributed by atoms with E-state index in [0.717, 1.165) is 26.7 Å². The summed E-state index contributed by atoms with van der Waals surface area (Å²) in [6.07, 6.45) is 0.714. The van der Waals surface area contributed by atoms with Gasteiger partial charge in [-0.15, -0.1) is 0 Å². The number of benzene rings is 3. The molecule has 0 spiro atoms. The molecule has 1 unspecified atom stereocenters. The zero-order valence-electron chi connectivity index (χ0n) is 18.6. The Morgan fingerprint density at radius 1 is 0.938 bits per heavy atom. The van der Waals surface area contributed by atoms with Gasteiger partial charge in [0.25, 0.3) is 0 Å². The molecule has 0 aromatic heterocycles. The first-order chi connectivity index (χ1) is 15.5. The highest BCUT2D eigenvalue weighted by Gasteiger charge is 2.30. The molecule has 0 saturated heterocycles. The minimum atomic E-state index is -0.604. The van der Waals surface area contributed by atoms with E-state index in [2.05, 4.69) is 21.2 Å². The predicted molar refractivity (Wildman–Crippen MR) is 132 cm³/mol. The van der Waals surface area contributed by atoms with E-state index in [9.17, 15) is 9.59 Å². The Kier molecular flexibility index (Phi) is 8.63. The molecule has 32 heavy (non-hydrogen) atoms. The van der Waals surface area contributed by atoms with Crippen LogP contribution in [-0.4, -0.2) is 29.3 Å². The predicted octanol–water partition coefficient (Wildman–Crippen LogP) is 5.08. The molecule has 2 amide bonds. The number of nitrogens with one attached hydrogen (secondary N) is 1. The van der Waals surface area contributed by atoms with Crippen molar-refractivity contribution < 1.29 is 9.59 Å². The summed E-state index contributed by atoms with van der Waals surface area (Å²) in [4.78, 5) is 28.5. The maximum absolute atomic E-state index is 13.6. The van der Waals surface area contributed by atoms with Gasteiger partial charge in [0.2, 0.25) is 11.8 Å². The van der Waals surface area contributed by atoms with Gasteiger partial charge in [-0.05, 0) is 48.2 Å². The van der Waals surface area contributed by atoms with Crippen LogP contribution in [0.25, 0.3) is 0 Å². The van der Waals surface area contributed by atoms with Gasteiger partial charge in [-0.1, -0.05) is 82.7 Å². The lowest BCUT2D eigenvalue weighted by molar-refractivity contribution is -0.140. The molecule has 5 heteroatoms. The number of amides is 2. The highest BCUT2D eigenvalue weighted by molar-refractivity contribution is 9.10. The molecular formula is C27H29BrN2O2. The normalized spacial score (nSPS) is 11.6. The van der Waals surface area contributed by atoms with Crippen LogP contribution in [-0.2, 0) is 29.0 Å². The minimum absolute atomic E-state index is 0.0635. The van der Waals surface area contributed by atoms with Crippen LogP contribution in [0.15, 0.2) is 83.3 Å². The summed E-state index contributed by atoms with van der Waals surface area (Å²) < 4.78 is 0.943. The molecule has 3 aromatic rings. The van der Waals surface area contributed by atoms with E-state index in [1.54, 1.807) is 4.90 Å². The lowest BCUT2D eigenvalue weighted by Gasteiger charge is -2.32. The van der Waals surface area contributed by atoms with Gasteiger partial charge >= 0.3 is 0 Å². The molecule has 0 aliphatic carbocycles. The SMILES string of the molecule is CCNC(=O)C(Cc1ccccc1)N(Cc1cccc(Br)c1)C(=O)Cc1ccccc1C. The highest BCUT2D eigenvalue weighted by atomic mass is 79.9. The van der Waals surface area contributed by atoms with Gasteiger partial charge in [-0.2, -0.15) is 0 Å². The van der Waals surface area contributed by atoms with Crippen molar-refractivity contribution in [2.75, 3.05) is 6.54 Å². The van der Waals surface area contributed by atoms with Crippen molar-refractivity contribution >= 4 is 27.7 Å². The number of hydrogen-bond donors (Lipinski definition) is 1. The molecule has 0 saturated carbocycles. The van der Waals surface area contributed by atoms with Crippen LogP contribution in [0.2, 0.25) is 0 Å². The van der Waals surface area contributed by atoms with Crippen molar-refractivity contribution in [3.63, 3.8) is 0 Å². The van der Waals surface area contributed by atoms with Crippen molar-refractivity contribution in [2.45, 2.75) is 39.3 Å². The molecule has 1 N–H and O–H groups in total. The largest absolute Gasteiger partial charge is 0.355 e. The highest BCUT2D eigenvalue weighted by Crippen LogP contribution is 2.19. The number of carbonyl (C=O) groups excluding carboxylic acids is 2. The standard InChI is InChI=1S/C27H29BrN2O2/c1-3-29-27(32)25(17-21-11-5-4-6-12-21)30(19-22-13-9-15-24(28)16-22)26(31)18-23-14-8-7-10-20(23)2/h4-16,25H,3,17-19H2,1-2H3,(H,29,32). The minimum Gasteiger partial charge on any atom is -0.355 e. The van der Waals surface area contributed by atoms with Gasteiger partial charge in [-0.25, -0.2) is 0 Å². The second kappa shape index (κ2) is 11.6. The third-order valence-electron chi connectivity index (χ3n) is 5.47. The lowest BCUT2D eigenvalue weighted by atomic mass is 10.0. The molecule has 0 fully saturated rings. The molecule has 0 radical (unpaired) electrons. The fourth-order valence-corrected chi connectivity index (χ4v) is 4.20. The third-order valence-corrected chi connectivity index (χ3v) is 5.96. The van der Waals surface area contributed by atoms with Gasteiger partial charge in [0.15, 0.2) is 0 Å². The van der Waals surface area contributed by atoms with Crippen molar-refractivity contribution in [2.24, 2.45) is 0 Å². The van der Waals surface area contributed by atoms with Crippen LogP contribution in [0.5, 0.6) is 0 Å². The molecule has 0 heterocycles. The van der Waals surface area contributed by atoms with Crippen LogP contribution in [0.3, 0.4) is 0 Å². The smallest absolute Gasteiger partial charge is 0.243 e. The van der Waals surface area contributed by atoms with E-state index in [-0.39, 0.29) is 18.2 Å². The van der Waals surface area contributed by atoms with Gasteiger partial charge < -0.3 is 10.2 Å². The number of halogens is 1. The zero-order valence-corrected chi connectivity index (χ0v) is 20.1. The number of aryl methyl sites for hydroxylation is 1. The van der Waals surface area contributed by atoms with Crippen molar-refractivity contribution in [1.29, 1.82) is 0 Å². The Morgan fingerprint density at radius 2 is 1.62 bits per heavy atom. The average Bonchev–Trinajstić information content (AvgIpc) is 2.78. The van der Waals surface area contributed by atoms with Crippen LogP contribution >= 0.6 is 15.9 Å². The quantitative estimate of drug-likeness (QED) is 0.452. The molecule has 0 aliphatic rings. The monoisotopic (exact) mass is 492 g/mol. The first-order valence-corrected chi connectivity index (χ1v) is 11.7. The van der Waals surface area contributed by atoms with Gasteiger partial charge in [0.05, 0.1) is 6.42 Å². The first kappa shape index (κ1) is 23.7. The molecule has 3 aromatic carbocycles. The Morgan fingerprint density at radius 3 is 2.31 bits per heavy atom. The van der Waals surface area contributed by atoms with Crippen LogP contribution in [0.4, 0.5) is 0 Å². The Balaban J connectivity index is 1.96. The lowest BCUT2D eigenvalue weighted by Crippen LogP contribution is -2.51. The number of nitrogens with zero attached hydrogens (tertiary/aromatic N) is 1. The molecule has 166 valence electrons. The topological polar surface area (TPSA) is 49.4 Å². The fourth-order valence-electron chi connectivity index (χ4n) is 3.75. The summed E-state index contributed by atoms with van der Waals surface area (Å²) in [5, 5.41) is 2.93. The van der Waals surface area contributed by atoms with Crippen LogP contribution in [0.1, 0.15) is 29.2 Å². The number of rotatable bonds is 9. The van der Waals surface area contributed by atoms with E-state index in [1.807, 2.05) is 92.7 Å². The van der Waals surface area contributed by atoms with Crippen LogP contribution < -0.4 is 5.32 Å². The second-order valence-electron chi connectivity index (χ2n) is 7.85. The summed E-state index contributed by atoms with van der Waals surface area (Å²) in [7, 11) is 0. The molecule has 1 atom stereocenters. The molecule has 0 aliphatic heterocycles. The van der Waals surface area contributed by atoms with E-state index >= 15 is 0 Å². The van der Waals surface area contributed by atoms with Gasteiger partial charge in [-0.3, -0.25) is 9.59 Å². The van der Waals surface area contributed by atoms with Crippen molar-refractivity contribution in [3.05, 3.63) is 106 Å². The molecule has 0 bridgehead atoms. The van der Waals surface area contributed by atoms with Gasteiger partial charge in [0.1, 0.15) is 6.04 Å². The summed E-state index contributed by atoms with van der Waals surface area (Å²) in [5.41, 5.74) is 4.04. The maximum Gasteiger partial charge on any atom is 0.243 e. The van der Waals surface area contributed by atoms with Gasteiger partial charge in [0, 0.05) is 24.0 Å². The first-order valence-electron chi connectivity index (χ1n) is 10.9. The summed E-state index contributed by atoms with van der Waals surface area (Å²) in [5.74, 6) is -0.198. The van der Waals surface area contributed by atoms with E-state index < -0.39 is 6.04 Å². The second-order valence-corrected chi connectivity index (χ2v) is 8.77. The Bertz CT molecular complexity index is 1050. The molecule has 4 nitrogen and oxygen atoms in total.